The van der Waals surface area contributed by atoms with Gasteiger partial charge in [0.1, 0.15) is 6.04 Å². The van der Waals surface area contributed by atoms with Crippen LogP contribution in [0, 0.1) is 0 Å². The summed E-state index contributed by atoms with van der Waals surface area (Å²) in [6.45, 7) is 1.43. The van der Waals surface area contributed by atoms with Crippen molar-refractivity contribution in [2.24, 2.45) is 0 Å². The van der Waals surface area contributed by atoms with E-state index in [1.165, 1.54) is 7.05 Å². The summed E-state index contributed by atoms with van der Waals surface area (Å²) in [5.41, 5.74) is 0.415. The first-order valence-electron chi connectivity index (χ1n) is 6.39. The van der Waals surface area contributed by atoms with Crippen molar-refractivity contribution in [1.82, 2.24) is 10.2 Å². The molecule has 0 saturated heterocycles. The highest BCUT2D eigenvalue weighted by molar-refractivity contribution is 9.10. The lowest BCUT2D eigenvalue weighted by Crippen LogP contribution is -2.46. The average Bonchev–Trinajstić information content (AvgIpc) is 2.45. The number of hydrogen-bond acceptors (Lipinski definition) is 3. The molecule has 0 aromatic heterocycles. The van der Waals surface area contributed by atoms with Gasteiger partial charge in [0.2, 0.25) is 5.91 Å². The van der Waals surface area contributed by atoms with Crippen LogP contribution in [0.15, 0.2) is 28.7 Å². The molecule has 0 aliphatic rings. The molecule has 0 saturated carbocycles. The zero-order valence-corrected chi connectivity index (χ0v) is 13.4. The molecular formula is C14H17BrN2O4. The molecular weight excluding hydrogens is 340 g/mol. The van der Waals surface area contributed by atoms with Gasteiger partial charge >= 0.3 is 5.97 Å². The topological polar surface area (TPSA) is 86.7 Å². The van der Waals surface area contributed by atoms with Gasteiger partial charge in [-0.05, 0) is 34.5 Å². The number of carbonyl (C=O) groups is 3. The number of halogens is 1. The smallest absolute Gasteiger partial charge is 0.326 e. The number of aliphatic carboxylic acids is 1. The van der Waals surface area contributed by atoms with Gasteiger partial charge in [0.15, 0.2) is 0 Å². The molecule has 0 heterocycles. The Morgan fingerprint density at radius 1 is 1.33 bits per heavy atom. The molecule has 2 N–H and O–H groups in total. The SMILES string of the molecule is CCC(C(=O)O)N(C)C(=O)CNC(=O)c1ccccc1Br. The molecule has 0 aliphatic heterocycles. The number of nitrogens with one attached hydrogen (secondary N) is 1. The maximum absolute atomic E-state index is 11.9. The van der Waals surface area contributed by atoms with Gasteiger partial charge in [-0.25, -0.2) is 4.79 Å². The fourth-order valence-electron chi connectivity index (χ4n) is 1.81. The van der Waals surface area contributed by atoms with Gasteiger partial charge in [-0.2, -0.15) is 0 Å². The Hall–Kier alpha value is -1.89. The lowest BCUT2D eigenvalue weighted by atomic mass is 10.2. The van der Waals surface area contributed by atoms with Crippen molar-refractivity contribution in [3.05, 3.63) is 34.3 Å². The number of rotatable bonds is 6. The first kappa shape index (κ1) is 17.2. The Morgan fingerprint density at radius 3 is 2.48 bits per heavy atom. The molecule has 1 rings (SSSR count). The number of carboxylic acid groups (broad SMARTS) is 1. The molecule has 0 spiro atoms. The zero-order valence-electron chi connectivity index (χ0n) is 11.8. The molecule has 0 aliphatic carbocycles. The predicted octanol–water partition coefficient (Wildman–Crippen LogP) is 1.50. The normalized spacial score (nSPS) is 11.6. The summed E-state index contributed by atoms with van der Waals surface area (Å²) in [7, 11) is 1.41. The van der Waals surface area contributed by atoms with Crippen molar-refractivity contribution in [2.75, 3.05) is 13.6 Å². The van der Waals surface area contributed by atoms with Crippen LogP contribution in [-0.4, -0.2) is 47.4 Å². The Balaban J connectivity index is 2.63. The Bertz CT molecular complexity index is 548. The van der Waals surface area contributed by atoms with Crippen LogP contribution in [0.2, 0.25) is 0 Å². The zero-order chi connectivity index (χ0) is 16.0. The second-order valence-electron chi connectivity index (χ2n) is 4.43. The summed E-state index contributed by atoms with van der Waals surface area (Å²) < 4.78 is 0.625. The third-order valence-corrected chi connectivity index (χ3v) is 3.74. The van der Waals surface area contributed by atoms with Gasteiger partial charge in [-0.15, -0.1) is 0 Å². The molecule has 0 radical (unpaired) electrons. The van der Waals surface area contributed by atoms with Crippen LogP contribution in [0.25, 0.3) is 0 Å². The maximum atomic E-state index is 11.9. The summed E-state index contributed by atoms with van der Waals surface area (Å²) in [5.74, 6) is -1.91. The standard InChI is InChI=1S/C14H17BrN2O4/c1-3-11(14(20)21)17(2)12(18)8-16-13(19)9-6-4-5-7-10(9)15/h4-7,11H,3,8H2,1-2H3,(H,16,19)(H,20,21). The lowest BCUT2D eigenvalue weighted by molar-refractivity contribution is -0.148. The second kappa shape index (κ2) is 7.78. The average molecular weight is 357 g/mol. The Morgan fingerprint density at radius 2 is 1.95 bits per heavy atom. The monoisotopic (exact) mass is 356 g/mol. The summed E-state index contributed by atoms with van der Waals surface area (Å²) in [4.78, 5) is 36.0. The second-order valence-corrected chi connectivity index (χ2v) is 5.28. The third-order valence-electron chi connectivity index (χ3n) is 3.05. The van der Waals surface area contributed by atoms with E-state index in [1.807, 2.05) is 0 Å². The van der Waals surface area contributed by atoms with Crippen LogP contribution in [0.3, 0.4) is 0 Å². The van der Waals surface area contributed by atoms with Crippen molar-refractivity contribution < 1.29 is 19.5 Å². The molecule has 1 atom stereocenters. The largest absolute Gasteiger partial charge is 0.480 e. The van der Waals surface area contributed by atoms with Crippen molar-refractivity contribution in [2.45, 2.75) is 19.4 Å². The number of amides is 2. The highest BCUT2D eigenvalue weighted by Gasteiger charge is 2.24. The predicted molar refractivity (Wildman–Crippen MR) is 81.0 cm³/mol. The minimum Gasteiger partial charge on any atom is -0.480 e. The van der Waals surface area contributed by atoms with Crippen LogP contribution in [0.4, 0.5) is 0 Å². The first-order chi connectivity index (χ1) is 9.88. The third kappa shape index (κ3) is 4.56. The molecule has 7 heteroatoms. The van der Waals surface area contributed by atoms with E-state index in [1.54, 1.807) is 31.2 Å². The van der Waals surface area contributed by atoms with Crippen LogP contribution in [0.1, 0.15) is 23.7 Å². The van der Waals surface area contributed by atoms with Gasteiger partial charge in [0.05, 0.1) is 12.1 Å². The number of carboxylic acids is 1. The van der Waals surface area contributed by atoms with E-state index in [2.05, 4.69) is 21.2 Å². The number of nitrogens with zero attached hydrogens (tertiary/aromatic N) is 1. The van der Waals surface area contributed by atoms with Crippen molar-refractivity contribution in [3.8, 4) is 0 Å². The molecule has 114 valence electrons. The summed E-state index contributed by atoms with van der Waals surface area (Å²) in [5, 5.41) is 11.5. The van der Waals surface area contributed by atoms with E-state index in [0.717, 1.165) is 4.90 Å². The quantitative estimate of drug-likeness (QED) is 0.808. The molecule has 0 fully saturated rings. The Labute approximate surface area is 131 Å². The molecule has 1 aromatic rings. The lowest BCUT2D eigenvalue weighted by Gasteiger charge is -2.23. The molecule has 21 heavy (non-hydrogen) atoms. The number of likely N-dealkylation sites (N-methyl/N-ethyl adjacent to an activating group) is 1. The van der Waals surface area contributed by atoms with E-state index in [4.69, 9.17) is 5.11 Å². The van der Waals surface area contributed by atoms with Gasteiger partial charge in [-0.1, -0.05) is 19.1 Å². The van der Waals surface area contributed by atoms with Crippen LogP contribution in [-0.2, 0) is 9.59 Å². The van der Waals surface area contributed by atoms with E-state index >= 15 is 0 Å². The molecule has 0 bridgehead atoms. The number of hydrogen-bond donors (Lipinski definition) is 2. The van der Waals surface area contributed by atoms with Gasteiger partial charge in [0.25, 0.3) is 5.91 Å². The highest BCUT2D eigenvalue weighted by atomic mass is 79.9. The summed E-state index contributed by atoms with van der Waals surface area (Å²) in [6.07, 6.45) is 0.301. The Kier molecular flexibility index (Phi) is 6.36. The van der Waals surface area contributed by atoms with E-state index in [-0.39, 0.29) is 6.54 Å². The van der Waals surface area contributed by atoms with Crippen LogP contribution >= 0.6 is 15.9 Å². The summed E-state index contributed by atoms with van der Waals surface area (Å²) >= 11 is 3.25. The molecule has 2 amide bonds. The fraction of sp³-hybridized carbons (Fsp3) is 0.357. The van der Waals surface area contributed by atoms with Crippen molar-refractivity contribution >= 4 is 33.7 Å². The van der Waals surface area contributed by atoms with Gasteiger partial charge in [-0.3, -0.25) is 9.59 Å². The minimum atomic E-state index is -1.06. The van der Waals surface area contributed by atoms with Crippen molar-refractivity contribution in [3.63, 3.8) is 0 Å². The van der Waals surface area contributed by atoms with Gasteiger partial charge in [0, 0.05) is 11.5 Å². The van der Waals surface area contributed by atoms with E-state index in [0.29, 0.717) is 16.5 Å². The summed E-state index contributed by atoms with van der Waals surface area (Å²) in [6, 6.07) is 5.95. The molecule has 1 aromatic carbocycles. The van der Waals surface area contributed by atoms with Crippen LogP contribution < -0.4 is 5.32 Å². The maximum Gasteiger partial charge on any atom is 0.326 e. The first-order valence-corrected chi connectivity index (χ1v) is 7.19. The van der Waals surface area contributed by atoms with Crippen LogP contribution in [0.5, 0.6) is 0 Å². The van der Waals surface area contributed by atoms with E-state index in [9.17, 15) is 14.4 Å². The minimum absolute atomic E-state index is 0.250. The fourth-order valence-corrected chi connectivity index (χ4v) is 2.27. The van der Waals surface area contributed by atoms with E-state index < -0.39 is 23.8 Å². The molecule has 6 nitrogen and oxygen atoms in total. The molecule has 1 unspecified atom stereocenters. The van der Waals surface area contributed by atoms with Crippen molar-refractivity contribution in [1.29, 1.82) is 0 Å². The highest BCUT2D eigenvalue weighted by Crippen LogP contribution is 2.15. The number of carbonyl (C=O) groups excluding carboxylic acids is 2. The van der Waals surface area contributed by atoms with Gasteiger partial charge < -0.3 is 15.3 Å². The number of benzene rings is 1.